The number of nitriles is 1. The Morgan fingerprint density at radius 2 is 2.17 bits per heavy atom. The van der Waals surface area contributed by atoms with Gasteiger partial charge in [-0.3, -0.25) is 4.90 Å². The fourth-order valence-corrected chi connectivity index (χ4v) is 1.72. The predicted molar refractivity (Wildman–Crippen MR) is 68.5 cm³/mol. The number of hydrogen-bond donors (Lipinski definition) is 0. The third-order valence-electron chi connectivity index (χ3n) is 2.85. The Hall–Kier alpha value is -1.44. The Balaban J connectivity index is 2.78. The minimum atomic E-state index is -0.464. The maximum absolute atomic E-state index is 13.2. The maximum Gasteiger partial charge on any atom is 0.140 e. The van der Waals surface area contributed by atoms with Crippen LogP contribution in [-0.4, -0.2) is 31.2 Å². The van der Waals surface area contributed by atoms with Crippen molar-refractivity contribution in [2.45, 2.75) is 26.4 Å². The van der Waals surface area contributed by atoms with Crippen LogP contribution in [0.2, 0.25) is 0 Å². The van der Waals surface area contributed by atoms with E-state index in [1.54, 1.807) is 19.2 Å². The van der Waals surface area contributed by atoms with Crippen LogP contribution in [0.4, 0.5) is 4.39 Å². The van der Waals surface area contributed by atoms with Crippen LogP contribution in [-0.2, 0) is 11.3 Å². The summed E-state index contributed by atoms with van der Waals surface area (Å²) >= 11 is 0. The Morgan fingerprint density at radius 3 is 2.72 bits per heavy atom. The lowest BCUT2D eigenvalue weighted by molar-refractivity contribution is 0.125. The van der Waals surface area contributed by atoms with Gasteiger partial charge >= 0.3 is 0 Å². The zero-order chi connectivity index (χ0) is 13.5. The van der Waals surface area contributed by atoms with Crippen molar-refractivity contribution in [1.82, 2.24) is 4.90 Å². The smallest absolute Gasteiger partial charge is 0.140 e. The summed E-state index contributed by atoms with van der Waals surface area (Å²) in [6.45, 7) is 6.36. The molecule has 0 atom stereocenters. The first-order valence-electron chi connectivity index (χ1n) is 6.00. The quantitative estimate of drug-likeness (QED) is 0.778. The molecule has 0 aromatic heterocycles. The molecule has 0 saturated carbocycles. The SMILES string of the molecule is COCCN(Cc1ccc(F)c(C#N)c1)C(C)C. The maximum atomic E-state index is 13.2. The van der Waals surface area contributed by atoms with Gasteiger partial charge < -0.3 is 4.74 Å². The molecule has 0 saturated heterocycles. The molecular formula is C14H19FN2O. The van der Waals surface area contributed by atoms with E-state index in [9.17, 15) is 4.39 Å². The molecule has 0 heterocycles. The van der Waals surface area contributed by atoms with E-state index >= 15 is 0 Å². The third kappa shape index (κ3) is 4.10. The van der Waals surface area contributed by atoms with Gasteiger partial charge in [0.15, 0.2) is 0 Å². The molecule has 0 bridgehead atoms. The monoisotopic (exact) mass is 250 g/mol. The van der Waals surface area contributed by atoms with E-state index in [2.05, 4.69) is 18.7 Å². The summed E-state index contributed by atoms with van der Waals surface area (Å²) < 4.78 is 18.3. The first-order valence-corrected chi connectivity index (χ1v) is 6.00. The molecule has 0 aliphatic rings. The van der Waals surface area contributed by atoms with Gasteiger partial charge in [0.2, 0.25) is 0 Å². The largest absolute Gasteiger partial charge is 0.383 e. The average molecular weight is 250 g/mol. The summed E-state index contributed by atoms with van der Waals surface area (Å²) in [5.41, 5.74) is 1.04. The number of rotatable bonds is 6. The molecular weight excluding hydrogens is 231 g/mol. The first kappa shape index (κ1) is 14.6. The second-order valence-electron chi connectivity index (χ2n) is 4.48. The summed E-state index contributed by atoms with van der Waals surface area (Å²) in [5, 5.41) is 8.80. The van der Waals surface area contributed by atoms with Crippen molar-refractivity contribution in [3.8, 4) is 6.07 Å². The Labute approximate surface area is 108 Å². The lowest BCUT2D eigenvalue weighted by atomic mass is 10.1. The van der Waals surface area contributed by atoms with E-state index in [-0.39, 0.29) is 5.56 Å². The van der Waals surface area contributed by atoms with E-state index in [0.717, 1.165) is 12.1 Å². The second kappa shape index (κ2) is 7.10. The van der Waals surface area contributed by atoms with Crippen molar-refractivity contribution in [2.75, 3.05) is 20.3 Å². The fraction of sp³-hybridized carbons (Fsp3) is 0.500. The van der Waals surface area contributed by atoms with Crippen LogP contribution in [0.1, 0.15) is 25.0 Å². The molecule has 4 heteroatoms. The number of ether oxygens (including phenoxy) is 1. The topological polar surface area (TPSA) is 36.3 Å². The normalized spacial score (nSPS) is 10.9. The van der Waals surface area contributed by atoms with Gasteiger partial charge in [0.25, 0.3) is 0 Å². The van der Waals surface area contributed by atoms with Gasteiger partial charge in [0, 0.05) is 26.2 Å². The van der Waals surface area contributed by atoms with Gasteiger partial charge in [-0.2, -0.15) is 5.26 Å². The molecule has 0 fully saturated rings. The summed E-state index contributed by atoms with van der Waals surface area (Å²) in [6, 6.07) is 6.91. The number of methoxy groups -OCH3 is 1. The summed E-state index contributed by atoms with van der Waals surface area (Å²) in [4.78, 5) is 2.22. The van der Waals surface area contributed by atoms with Crippen molar-refractivity contribution < 1.29 is 9.13 Å². The number of hydrogen-bond acceptors (Lipinski definition) is 3. The molecule has 3 nitrogen and oxygen atoms in total. The standard InChI is InChI=1S/C14H19FN2O/c1-11(2)17(6-7-18-3)10-12-4-5-14(15)13(8-12)9-16/h4-5,8,11H,6-7,10H2,1-3H3. The first-order chi connectivity index (χ1) is 8.58. The molecule has 1 rings (SSSR count). The predicted octanol–water partition coefficient (Wildman–Crippen LogP) is 2.55. The Morgan fingerprint density at radius 1 is 1.44 bits per heavy atom. The van der Waals surface area contributed by atoms with Crippen LogP contribution in [0, 0.1) is 17.1 Å². The molecule has 98 valence electrons. The van der Waals surface area contributed by atoms with Crippen LogP contribution in [0.5, 0.6) is 0 Å². The molecule has 1 aromatic carbocycles. The van der Waals surface area contributed by atoms with Gasteiger partial charge in [0.1, 0.15) is 11.9 Å². The minimum absolute atomic E-state index is 0.1000. The third-order valence-corrected chi connectivity index (χ3v) is 2.85. The molecule has 0 aliphatic carbocycles. The fourth-order valence-electron chi connectivity index (χ4n) is 1.72. The molecule has 0 unspecified atom stereocenters. The van der Waals surface area contributed by atoms with E-state index in [4.69, 9.17) is 10.00 Å². The van der Waals surface area contributed by atoms with E-state index in [1.807, 2.05) is 6.07 Å². The highest BCUT2D eigenvalue weighted by molar-refractivity contribution is 5.34. The Kier molecular flexibility index (Phi) is 5.76. The molecule has 0 spiro atoms. The van der Waals surface area contributed by atoms with Gasteiger partial charge in [-0.1, -0.05) is 6.07 Å². The van der Waals surface area contributed by atoms with Crippen molar-refractivity contribution >= 4 is 0 Å². The molecule has 0 aliphatic heterocycles. The molecule has 1 aromatic rings. The second-order valence-corrected chi connectivity index (χ2v) is 4.48. The highest BCUT2D eigenvalue weighted by Gasteiger charge is 2.11. The minimum Gasteiger partial charge on any atom is -0.383 e. The van der Waals surface area contributed by atoms with Gasteiger partial charge in [0.05, 0.1) is 12.2 Å². The summed E-state index contributed by atoms with van der Waals surface area (Å²) in [7, 11) is 1.67. The van der Waals surface area contributed by atoms with Crippen LogP contribution >= 0.6 is 0 Å². The zero-order valence-corrected chi connectivity index (χ0v) is 11.1. The van der Waals surface area contributed by atoms with Crippen molar-refractivity contribution in [3.63, 3.8) is 0 Å². The van der Waals surface area contributed by atoms with Crippen LogP contribution < -0.4 is 0 Å². The molecule has 0 amide bonds. The highest BCUT2D eigenvalue weighted by atomic mass is 19.1. The number of nitrogens with zero attached hydrogens (tertiary/aromatic N) is 2. The number of halogens is 1. The highest BCUT2D eigenvalue weighted by Crippen LogP contribution is 2.13. The lowest BCUT2D eigenvalue weighted by Gasteiger charge is -2.26. The summed E-state index contributed by atoms with van der Waals surface area (Å²) in [5.74, 6) is -0.464. The van der Waals surface area contributed by atoms with Crippen molar-refractivity contribution in [2.24, 2.45) is 0 Å². The molecule has 18 heavy (non-hydrogen) atoms. The van der Waals surface area contributed by atoms with Crippen molar-refractivity contribution in [1.29, 1.82) is 5.26 Å². The van der Waals surface area contributed by atoms with E-state index in [0.29, 0.717) is 19.2 Å². The van der Waals surface area contributed by atoms with Gasteiger partial charge in [-0.25, -0.2) is 4.39 Å². The number of benzene rings is 1. The zero-order valence-electron chi connectivity index (χ0n) is 11.1. The van der Waals surface area contributed by atoms with Crippen molar-refractivity contribution in [3.05, 3.63) is 35.1 Å². The molecule has 0 N–H and O–H groups in total. The lowest BCUT2D eigenvalue weighted by Crippen LogP contribution is -2.33. The van der Waals surface area contributed by atoms with Gasteiger partial charge in [-0.15, -0.1) is 0 Å². The van der Waals surface area contributed by atoms with Crippen LogP contribution in [0.25, 0.3) is 0 Å². The summed E-state index contributed by atoms with van der Waals surface area (Å²) in [6.07, 6.45) is 0. The van der Waals surface area contributed by atoms with Gasteiger partial charge in [-0.05, 0) is 31.5 Å². The molecule has 0 radical (unpaired) electrons. The van der Waals surface area contributed by atoms with Crippen LogP contribution in [0.15, 0.2) is 18.2 Å². The van der Waals surface area contributed by atoms with Crippen LogP contribution in [0.3, 0.4) is 0 Å². The van der Waals surface area contributed by atoms with E-state index < -0.39 is 5.82 Å². The average Bonchev–Trinajstić information content (AvgIpc) is 2.36. The van der Waals surface area contributed by atoms with E-state index in [1.165, 1.54) is 6.07 Å². The Bertz CT molecular complexity index is 426.